The molecular weight excluding hydrogens is 380 g/mol. The smallest absolute Gasteiger partial charge is 0.271 e. The first-order chi connectivity index (χ1) is 13.8. The van der Waals surface area contributed by atoms with Crippen molar-refractivity contribution in [2.75, 3.05) is 45.0 Å². The van der Waals surface area contributed by atoms with E-state index in [-0.39, 0.29) is 30.4 Å². The molecule has 2 aromatic carbocycles. The number of likely N-dealkylation sites (N-methyl/N-ethyl adjacent to an activating group) is 1. The third-order valence-electron chi connectivity index (χ3n) is 3.85. The Hall–Kier alpha value is -3.66. The molecule has 0 bridgehead atoms. The second-order valence-corrected chi connectivity index (χ2v) is 6.14. The van der Waals surface area contributed by atoms with E-state index >= 15 is 0 Å². The van der Waals surface area contributed by atoms with Crippen molar-refractivity contribution in [2.45, 2.75) is 0 Å². The molecule has 2 rings (SSSR count). The van der Waals surface area contributed by atoms with Gasteiger partial charge in [-0.2, -0.15) is 0 Å². The molecule has 0 fully saturated rings. The molecule has 0 saturated heterocycles. The number of nitro groups is 1. The van der Waals surface area contributed by atoms with Crippen molar-refractivity contribution < 1.29 is 24.0 Å². The molecule has 0 atom stereocenters. The van der Waals surface area contributed by atoms with Gasteiger partial charge in [-0.15, -0.1) is 0 Å². The third kappa shape index (κ3) is 6.47. The van der Waals surface area contributed by atoms with Crippen LogP contribution in [-0.2, 0) is 9.59 Å². The summed E-state index contributed by atoms with van der Waals surface area (Å²) in [6, 6.07) is 10.8. The summed E-state index contributed by atoms with van der Waals surface area (Å²) in [5.74, 6) is 0.158. The van der Waals surface area contributed by atoms with Crippen LogP contribution < -0.4 is 20.1 Å². The maximum Gasteiger partial charge on any atom is 0.271 e. The Balaban J connectivity index is 1.92. The van der Waals surface area contributed by atoms with Gasteiger partial charge in [0.1, 0.15) is 11.5 Å². The van der Waals surface area contributed by atoms with E-state index in [0.29, 0.717) is 17.2 Å². The average Bonchev–Trinajstić information content (AvgIpc) is 2.67. The third-order valence-corrected chi connectivity index (χ3v) is 3.85. The van der Waals surface area contributed by atoms with Gasteiger partial charge in [0, 0.05) is 23.9 Å². The standard InChI is InChI=1S/C19H22N4O6/c1-22(11-18(24)20-13-5-4-6-15(9-13)28-2)12-19(25)21-16-10-14(23(26)27)7-8-17(16)29-3/h4-10H,11-12H2,1-3H3,(H,20,24)(H,21,25). The molecule has 0 heterocycles. The molecule has 154 valence electrons. The molecule has 0 unspecified atom stereocenters. The van der Waals surface area contributed by atoms with E-state index in [0.717, 1.165) is 0 Å². The van der Waals surface area contributed by atoms with Gasteiger partial charge in [0.2, 0.25) is 11.8 Å². The van der Waals surface area contributed by atoms with E-state index in [1.807, 2.05) is 0 Å². The summed E-state index contributed by atoms with van der Waals surface area (Å²) >= 11 is 0. The van der Waals surface area contributed by atoms with E-state index in [2.05, 4.69) is 10.6 Å². The number of carbonyl (C=O) groups excluding carboxylic acids is 2. The zero-order valence-electron chi connectivity index (χ0n) is 16.3. The molecule has 10 heteroatoms. The number of nitrogens with zero attached hydrogens (tertiary/aromatic N) is 2. The summed E-state index contributed by atoms with van der Waals surface area (Å²) in [5, 5.41) is 16.2. The topological polar surface area (TPSA) is 123 Å². The van der Waals surface area contributed by atoms with Gasteiger partial charge in [0.25, 0.3) is 5.69 Å². The average molecular weight is 402 g/mol. The number of non-ortho nitro benzene ring substituents is 1. The first-order valence-electron chi connectivity index (χ1n) is 8.57. The lowest BCUT2D eigenvalue weighted by Gasteiger charge is -2.17. The number of anilines is 2. The first-order valence-corrected chi connectivity index (χ1v) is 8.57. The lowest BCUT2D eigenvalue weighted by molar-refractivity contribution is -0.384. The molecule has 0 radical (unpaired) electrons. The zero-order valence-corrected chi connectivity index (χ0v) is 16.3. The molecule has 10 nitrogen and oxygen atoms in total. The van der Waals surface area contributed by atoms with Crippen LogP contribution in [0.2, 0.25) is 0 Å². The highest BCUT2D eigenvalue weighted by Crippen LogP contribution is 2.28. The summed E-state index contributed by atoms with van der Waals surface area (Å²) < 4.78 is 10.2. The minimum absolute atomic E-state index is 0.0310. The van der Waals surface area contributed by atoms with Crippen LogP contribution in [0, 0.1) is 10.1 Å². The Morgan fingerprint density at radius 1 is 1.03 bits per heavy atom. The number of benzene rings is 2. The van der Waals surface area contributed by atoms with Crippen LogP contribution >= 0.6 is 0 Å². The number of hydrogen-bond donors (Lipinski definition) is 2. The van der Waals surface area contributed by atoms with E-state index in [4.69, 9.17) is 9.47 Å². The molecule has 2 aromatic rings. The van der Waals surface area contributed by atoms with E-state index in [1.54, 1.807) is 31.3 Å². The molecule has 29 heavy (non-hydrogen) atoms. The van der Waals surface area contributed by atoms with Gasteiger partial charge in [0.15, 0.2) is 0 Å². The van der Waals surface area contributed by atoms with Crippen LogP contribution in [0.1, 0.15) is 0 Å². The fraction of sp³-hybridized carbons (Fsp3) is 0.263. The second-order valence-electron chi connectivity index (χ2n) is 6.14. The molecule has 0 spiro atoms. The summed E-state index contributed by atoms with van der Waals surface area (Å²) in [5.41, 5.74) is 0.585. The number of methoxy groups -OCH3 is 2. The van der Waals surface area contributed by atoms with Crippen LogP contribution in [0.3, 0.4) is 0 Å². The number of ether oxygens (including phenoxy) is 2. The van der Waals surface area contributed by atoms with Crippen molar-refractivity contribution in [3.05, 3.63) is 52.6 Å². The van der Waals surface area contributed by atoms with Gasteiger partial charge in [0.05, 0.1) is 37.9 Å². The predicted molar refractivity (Wildman–Crippen MR) is 107 cm³/mol. The van der Waals surface area contributed by atoms with Crippen molar-refractivity contribution in [1.29, 1.82) is 0 Å². The minimum atomic E-state index is -0.565. The van der Waals surface area contributed by atoms with Crippen LogP contribution in [-0.4, -0.2) is 56.0 Å². The highest BCUT2D eigenvalue weighted by atomic mass is 16.6. The maximum atomic E-state index is 12.3. The molecule has 0 aromatic heterocycles. The summed E-state index contributed by atoms with van der Waals surface area (Å²) in [4.78, 5) is 36.3. The van der Waals surface area contributed by atoms with Crippen molar-refractivity contribution in [3.8, 4) is 11.5 Å². The van der Waals surface area contributed by atoms with Gasteiger partial charge in [-0.1, -0.05) is 6.07 Å². The van der Waals surface area contributed by atoms with Crippen LogP contribution in [0.4, 0.5) is 17.1 Å². The molecule has 0 aliphatic carbocycles. The Morgan fingerprint density at radius 3 is 2.34 bits per heavy atom. The number of amides is 2. The van der Waals surface area contributed by atoms with Gasteiger partial charge in [-0.3, -0.25) is 24.6 Å². The summed E-state index contributed by atoms with van der Waals surface area (Å²) in [7, 11) is 4.53. The van der Waals surface area contributed by atoms with Gasteiger partial charge in [-0.25, -0.2) is 0 Å². The monoisotopic (exact) mass is 402 g/mol. The van der Waals surface area contributed by atoms with Crippen LogP contribution in [0.15, 0.2) is 42.5 Å². The first kappa shape index (κ1) is 21.6. The molecular formula is C19H22N4O6. The van der Waals surface area contributed by atoms with E-state index in [9.17, 15) is 19.7 Å². The molecule has 0 aliphatic rings. The number of carbonyl (C=O) groups is 2. The highest BCUT2D eigenvalue weighted by molar-refractivity contribution is 5.95. The van der Waals surface area contributed by atoms with Crippen molar-refractivity contribution in [3.63, 3.8) is 0 Å². The molecule has 0 aliphatic heterocycles. The number of nitro benzene ring substituents is 1. The predicted octanol–water partition coefficient (Wildman–Crippen LogP) is 2.12. The Kier molecular flexibility index (Phi) is 7.49. The Bertz CT molecular complexity index is 902. The lowest BCUT2D eigenvalue weighted by atomic mass is 10.2. The largest absolute Gasteiger partial charge is 0.497 e. The fourth-order valence-corrected chi connectivity index (χ4v) is 2.54. The number of hydrogen-bond acceptors (Lipinski definition) is 7. The normalized spacial score (nSPS) is 10.3. The van der Waals surface area contributed by atoms with Crippen molar-refractivity contribution in [1.82, 2.24) is 4.90 Å². The Morgan fingerprint density at radius 2 is 1.72 bits per heavy atom. The number of rotatable bonds is 9. The lowest BCUT2D eigenvalue weighted by Crippen LogP contribution is -2.36. The Labute approximate surface area is 167 Å². The van der Waals surface area contributed by atoms with Crippen molar-refractivity contribution in [2.24, 2.45) is 0 Å². The van der Waals surface area contributed by atoms with E-state index < -0.39 is 10.8 Å². The van der Waals surface area contributed by atoms with Crippen LogP contribution in [0.5, 0.6) is 11.5 Å². The van der Waals surface area contributed by atoms with Gasteiger partial charge < -0.3 is 20.1 Å². The number of nitrogens with one attached hydrogen (secondary N) is 2. The zero-order chi connectivity index (χ0) is 21.4. The maximum absolute atomic E-state index is 12.3. The second kappa shape index (κ2) is 10.0. The summed E-state index contributed by atoms with van der Waals surface area (Å²) in [6.07, 6.45) is 0. The fourth-order valence-electron chi connectivity index (χ4n) is 2.54. The summed E-state index contributed by atoms with van der Waals surface area (Å²) in [6.45, 7) is -0.131. The molecule has 2 amide bonds. The van der Waals surface area contributed by atoms with Crippen LogP contribution in [0.25, 0.3) is 0 Å². The quantitative estimate of drug-likeness (QED) is 0.486. The van der Waals surface area contributed by atoms with Crippen molar-refractivity contribution >= 4 is 28.9 Å². The highest BCUT2D eigenvalue weighted by Gasteiger charge is 2.16. The van der Waals surface area contributed by atoms with Gasteiger partial charge in [-0.05, 0) is 25.2 Å². The van der Waals surface area contributed by atoms with Gasteiger partial charge >= 0.3 is 0 Å². The SMILES string of the molecule is COc1cccc(NC(=O)CN(C)CC(=O)Nc2cc([N+](=O)[O-])ccc2OC)c1. The molecule has 0 saturated carbocycles. The van der Waals surface area contributed by atoms with E-state index in [1.165, 1.54) is 37.3 Å². The minimum Gasteiger partial charge on any atom is -0.497 e. The molecule has 2 N–H and O–H groups in total.